The fraction of sp³-hybridized carbons (Fsp3) is 0.766. The molecule has 0 aliphatic heterocycles. The molecule has 95 heavy (non-hydrogen) atoms. The Hall–Kier alpha value is -7.99. The van der Waals surface area contributed by atoms with Crippen molar-refractivity contribution in [3.8, 4) is 0 Å². The molecule has 0 fully saturated rings. The van der Waals surface area contributed by atoms with E-state index in [1.54, 1.807) is 48.5 Å². The fourth-order valence-corrected chi connectivity index (χ4v) is 9.14. The predicted octanol–water partition coefficient (Wildman–Crippen LogP) is -1.51. The van der Waals surface area contributed by atoms with Crippen LogP contribution in [-0.4, -0.2) is 192 Å². The summed E-state index contributed by atoms with van der Waals surface area (Å²) >= 11 is 0. The minimum Gasteiger partial charge on any atom is -0.394 e. The van der Waals surface area contributed by atoms with Crippen molar-refractivity contribution in [2.45, 2.75) is 242 Å². The van der Waals surface area contributed by atoms with Gasteiger partial charge in [-0.1, -0.05) is 108 Å². The van der Waals surface area contributed by atoms with E-state index in [0.29, 0.717) is 19.3 Å². The molecule has 6 atom stereocenters. The maximum absolute atomic E-state index is 13.6. The van der Waals surface area contributed by atoms with Crippen molar-refractivity contribution in [2.24, 2.45) is 29.6 Å². The van der Waals surface area contributed by atoms with Crippen LogP contribution >= 0.6 is 0 Å². The third-order valence-corrected chi connectivity index (χ3v) is 15.1. The first-order valence-corrected chi connectivity index (χ1v) is 32.9. The molecular weight excluding hydrogens is 1230 g/mol. The number of nitrogens with one attached hydrogen (secondary N) is 15. The Bertz CT molecular complexity index is 2640. The Labute approximate surface area is 560 Å². The Kier molecular flexibility index (Phi) is 38.2. The van der Waals surface area contributed by atoms with Gasteiger partial charge in [-0.2, -0.15) is 0 Å². The summed E-state index contributed by atoms with van der Waals surface area (Å²) in [6.07, 6.45) is 6.13. The van der Waals surface area contributed by atoms with Gasteiger partial charge < -0.3 is 84.9 Å². The quantitative estimate of drug-likeness (QED) is 0.0309. The minimum absolute atomic E-state index is 0.0867. The molecule has 0 heterocycles. The van der Waals surface area contributed by atoms with E-state index in [1.807, 2.05) is 20.8 Å². The number of rotatable bonds is 44. The van der Waals surface area contributed by atoms with Crippen molar-refractivity contribution >= 4 is 88.6 Å². The first-order valence-electron chi connectivity index (χ1n) is 32.9. The highest BCUT2D eigenvalue weighted by molar-refractivity contribution is 6.00. The lowest BCUT2D eigenvalue weighted by Gasteiger charge is -2.30. The number of amides is 15. The van der Waals surface area contributed by atoms with Crippen LogP contribution in [0.25, 0.3) is 0 Å². The molecule has 31 nitrogen and oxygen atoms in total. The molecule has 0 saturated heterocycles. The summed E-state index contributed by atoms with van der Waals surface area (Å²) in [4.78, 5) is 197. The summed E-state index contributed by atoms with van der Waals surface area (Å²) in [5.41, 5.74) is -6.25. The first-order chi connectivity index (χ1) is 43.9. The fourth-order valence-electron chi connectivity index (χ4n) is 9.14. The highest BCUT2D eigenvalue weighted by Crippen LogP contribution is 2.14. The van der Waals surface area contributed by atoms with E-state index < -0.39 is 186 Å². The molecular formula is C64H115N15O16. The zero-order valence-electron chi connectivity index (χ0n) is 59.7. The van der Waals surface area contributed by atoms with Crippen molar-refractivity contribution in [1.29, 1.82) is 0 Å². The maximum atomic E-state index is 13.6. The molecule has 0 aromatic rings. The highest BCUT2D eigenvalue weighted by atomic mass is 16.3. The summed E-state index contributed by atoms with van der Waals surface area (Å²) in [7, 11) is 0. The Morgan fingerprint density at radius 1 is 0.347 bits per heavy atom. The van der Waals surface area contributed by atoms with Gasteiger partial charge in [0.1, 0.15) is 46.3 Å². The van der Waals surface area contributed by atoms with Gasteiger partial charge in [0, 0.05) is 6.42 Å². The van der Waals surface area contributed by atoms with Crippen molar-refractivity contribution in [3.05, 3.63) is 0 Å². The van der Waals surface area contributed by atoms with E-state index in [0.717, 1.165) is 25.7 Å². The Balaban J connectivity index is 5.33. The van der Waals surface area contributed by atoms with Crippen LogP contribution in [0.5, 0.6) is 0 Å². The van der Waals surface area contributed by atoms with Crippen molar-refractivity contribution < 1.29 is 77.0 Å². The van der Waals surface area contributed by atoms with Crippen LogP contribution in [0.1, 0.15) is 189 Å². The van der Waals surface area contributed by atoms with Gasteiger partial charge in [0.05, 0.1) is 51.9 Å². The monoisotopic (exact) mass is 1350 g/mol. The van der Waals surface area contributed by atoms with E-state index in [9.17, 15) is 77.0 Å². The molecule has 0 rings (SSSR count). The van der Waals surface area contributed by atoms with Crippen LogP contribution in [0.2, 0.25) is 0 Å². The molecule has 0 aromatic carbocycles. The van der Waals surface area contributed by atoms with E-state index in [-0.39, 0.29) is 43.1 Å². The molecule has 542 valence electrons. The standard InChI is InChI=1S/C64H115N15O16/c1-20-22-23-24-25-26-43(81)76-61(12,13)57(92)69-33-48(86)74-51(39(9)10)56(91)78-63(16,17)59(94)68-29-44(82)65-31-46(84)72-42(28-37(5)6)53(88)77-62(14,15)58(93)67-30-45(83)66-32-47(85)73-50(38(7)8)55(90)79-64(18,19)60(95)70-34-49(87)75-52(40(11)21-2)54(89)71-41(35-80)27-36(3)4/h36-42,50-52,80H,20-35H2,1-19H3,(H,65,82)(H,66,83)(H,67,93)(H,68,94)(H,69,92)(H,70,95)(H,71,89)(H,72,84)(H,73,85)(H,74,86)(H,75,87)(H,76,81)(H,77,88)(H,78,91)(H,79,90)/t40-,41-,42-,50-,51-,52-/m0/s1. The molecule has 0 saturated carbocycles. The SMILES string of the molecule is CCCCCCCC(=O)NC(C)(C)C(=O)NCC(=O)N[C@H](C(=O)NC(C)(C)C(=O)NCC(=O)NCC(=O)N[C@@H](CC(C)C)C(=O)NC(C)(C)C(=O)NCC(=O)NCC(=O)N[C@H](C(=O)NC(C)(C)C(=O)NCC(=O)N[C@H](C(=O)N[C@H](CO)CC(C)C)[C@@H](C)CC)C(C)C)C(C)C. The molecule has 16 N–H and O–H groups in total. The molecule has 31 heteroatoms. The molecule has 0 unspecified atom stereocenters. The van der Waals surface area contributed by atoms with E-state index >= 15 is 0 Å². The molecule has 0 bridgehead atoms. The van der Waals surface area contributed by atoms with Crippen LogP contribution in [-0.2, 0) is 71.9 Å². The van der Waals surface area contributed by atoms with Gasteiger partial charge in [0.2, 0.25) is 88.6 Å². The summed E-state index contributed by atoms with van der Waals surface area (Å²) in [5.74, 6) is -12.0. The molecule has 0 aromatic heterocycles. The first kappa shape index (κ1) is 87.0. The van der Waals surface area contributed by atoms with Crippen molar-refractivity contribution in [2.75, 3.05) is 45.9 Å². The smallest absolute Gasteiger partial charge is 0.245 e. The number of carbonyl (C=O) groups is 15. The van der Waals surface area contributed by atoms with Crippen LogP contribution in [0.15, 0.2) is 0 Å². The molecule has 0 spiro atoms. The number of hydrogen-bond acceptors (Lipinski definition) is 16. The van der Waals surface area contributed by atoms with Gasteiger partial charge in [-0.25, -0.2) is 0 Å². The van der Waals surface area contributed by atoms with Crippen molar-refractivity contribution in [1.82, 2.24) is 79.8 Å². The summed E-state index contributed by atoms with van der Waals surface area (Å²) in [6.45, 7) is 26.9. The predicted molar refractivity (Wildman–Crippen MR) is 355 cm³/mol. The van der Waals surface area contributed by atoms with Crippen molar-refractivity contribution in [3.63, 3.8) is 0 Å². The average Bonchev–Trinajstić information content (AvgIpc) is 0.907. The van der Waals surface area contributed by atoms with Crippen LogP contribution < -0.4 is 79.8 Å². The Morgan fingerprint density at radius 2 is 0.684 bits per heavy atom. The zero-order valence-corrected chi connectivity index (χ0v) is 59.7. The van der Waals surface area contributed by atoms with E-state index in [4.69, 9.17) is 0 Å². The maximum Gasteiger partial charge on any atom is 0.245 e. The van der Waals surface area contributed by atoms with Gasteiger partial charge in [-0.3, -0.25) is 71.9 Å². The van der Waals surface area contributed by atoms with E-state index in [2.05, 4.69) is 86.7 Å². The molecule has 15 amide bonds. The van der Waals surface area contributed by atoms with Crippen LogP contribution in [0.4, 0.5) is 0 Å². The zero-order chi connectivity index (χ0) is 73.4. The summed E-state index contributed by atoms with van der Waals surface area (Å²) in [5, 5.41) is 47.5. The average molecular weight is 1350 g/mol. The normalized spacial score (nSPS) is 13.6. The molecule has 0 aliphatic rings. The summed E-state index contributed by atoms with van der Waals surface area (Å²) < 4.78 is 0. The number of unbranched alkanes of at least 4 members (excludes halogenated alkanes) is 4. The van der Waals surface area contributed by atoms with Crippen LogP contribution in [0.3, 0.4) is 0 Å². The van der Waals surface area contributed by atoms with E-state index in [1.165, 1.54) is 55.4 Å². The second-order valence-electron chi connectivity index (χ2n) is 27.7. The highest BCUT2D eigenvalue weighted by Gasteiger charge is 2.38. The van der Waals surface area contributed by atoms with Gasteiger partial charge in [-0.15, -0.1) is 0 Å². The number of aliphatic hydroxyl groups excluding tert-OH is 1. The third-order valence-electron chi connectivity index (χ3n) is 15.1. The lowest BCUT2D eigenvalue weighted by molar-refractivity contribution is -0.136. The summed E-state index contributed by atoms with van der Waals surface area (Å²) in [6, 6.07) is -5.05. The lowest BCUT2D eigenvalue weighted by Crippen LogP contribution is -2.61. The molecule has 0 aliphatic carbocycles. The third kappa shape index (κ3) is 34.3. The second kappa shape index (κ2) is 41.8. The van der Waals surface area contributed by atoms with Gasteiger partial charge >= 0.3 is 0 Å². The van der Waals surface area contributed by atoms with Crippen LogP contribution in [0, 0.1) is 29.6 Å². The second-order valence-corrected chi connectivity index (χ2v) is 27.7. The number of carbonyl (C=O) groups excluding carboxylic acids is 15. The number of aliphatic hydroxyl groups is 1. The van der Waals surface area contributed by atoms with Gasteiger partial charge in [0.25, 0.3) is 0 Å². The Morgan fingerprint density at radius 3 is 1.04 bits per heavy atom. The topological polar surface area (TPSA) is 457 Å². The largest absolute Gasteiger partial charge is 0.394 e. The molecule has 0 radical (unpaired) electrons. The lowest BCUT2D eigenvalue weighted by atomic mass is 9.97. The van der Waals surface area contributed by atoms with Gasteiger partial charge in [0.15, 0.2) is 0 Å². The minimum atomic E-state index is -1.68. The number of hydrogen-bond donors (Lipinski definition) is 16. The van der Waals surface area contributed by atoms with Gasteiger partial charge in [-0.05, 0) is 104 Å².